The number of allylic oxidation sites excluding steroid dienone is 2. The van der Waals surface area contributed by atoms with Crippen molar-refractivity contribution in [3.63, 3.8) is 0 Å². The molecule has 2 nitrogen and oxygen atoms in total. The first-order chi connectivity index (χ1) is 7.99. The SMILES string of the molecule is C=C(C)CC(OC/C(C)=C/C)OC/C(C)=C/C. The Hall–Kier alpha value is -0.860. The van der Waals surface area contributed by atoms with Gasteiger partial charge in [-0.05, 0) is 34.6 Å². The maximum atomic E-state index is 5.72. The summed E-state index contributed by atoms with van der Waals surface area (Å²) in [5.41, 5.74) is 3.50. The van der Waals surface area contributed by atoms with E-state index in [0.717, 1.165) is 12.0 Å². The zero-order valence-corrected chi connectivity index (χ0v) is 11.9. The molecule has 0 radical (unpaired) electrons. The zero-order chi connectivity index (χ0) is 13.3. The molecule has 98 valence electrons. The van der Waals surface area contributed by atoms with Crippen LogP contribution in [0.4, 0.5) is 0 Å². The number of hydrogen-bond acceptors (Lipinski definition) is 2. The van der Waals surface area contributed by atoms with Gasteiger partial charge in [0.05, 0.1) is 13.2 Å². The summed E-state index contributed by atoms with van der Waals surface area (Å²) >= 11 is 0. The van der Waals surface area contributed by atoms with E-state index in [1.54, 1.807) is 0 Å². The van der Waals surface area contributed by atoms with Gasteiger partial charge in [-0.15, -0.1) is 0 Å². The molecule has 0 amide bonds. The highest BCUT2D eigenvalue weighted by Crippen LogP contribution is 2.11. The second kappa shape index (κ2) is 9.20. The van der Waals surface area contributed by atoms with Crippen molar-refractivity contribution in [2.45, 2.75) is 47.3 Å². The van der Waals surface area contributed by atoms with Gasteiger partial charge in [-0.25, -0.2) is 0 Å². The normalized spacial score (nSPS) is 13.3. The van der Waals surface area contributed by atoms with E-state index in [1.807, 2.05) is 20.8 Å². The molecule has 0 spiro atoms. The molecule has 0 heterocycles. The highest BCUT2D eigenvalue weighted by atomic mass is 16.7. The van der Waals surface area contributed by atoms with Crippen molar-refractivity contribution in [3.8, 4) is 0 Å². The Morgan fingerprint density at radius 3 is 1.71 bits per heavy atom. The van der Waals surface area contributed by atoms with Crippen molar-refractivity contribution in [2.75, 3.05) is 13.2 Å². The van der Waals surface area contributed by atoms with Crippen molar-refractivity contribution < 1.29 is 9.47 Å². The lowest BCUT2D eigenvalue weighted by Crippen LogP contribution is -2.19. The molecule has 0 aliphatic rings. The lowest BCUT2D eigenvalue weighted by atomic mass is 10.2. The predicted octanol–water partition coefficient (Wildman–Crippen LogP) is 4.24. The third-order valence-corrected chi connectivity index (χ3v) is 2.49. The summed E-state index contributed by atoms with van der Waals surface area (Å²) in [5.74, 6) is 0. The van der Waals surface area contributed by atoms with Crippen LogP contribution in [0.2, 0.25) is 0 Å². The Balaban J connectivity index is 4.18. The predicted molar refractivity (Wildman–Crippen MR) is 74.0 cm³/mol. The monoisotopic (exact) mass is 238 g/mol. The average Bonchev–Trinajstić information content (AvgIpc) is 2.30. The minimum atomic E-state index is -0.197. The van der Waals surface area contributed by atoms with Crippen LogP contribution in [0.3, 0.4) is 0 Å². The highest BCUT2D eigenvalue weighted by molar-refractivity contribution is 4.97. The van der Waals surface area contributed by atoms with Crippen LogP contribution in [0.1, 0.15) is 41.0 Å². The molecule has 0 aliphatic heterocycles. The summed E-state index contributed by atoms with van der Waals surface area (Å²) in [5, 5.41) is 0. The second-order valence-corrected chi connectivity index (χ2v) is 4.48. The topological polar surface area (TPSA) is 18.5 Å². The molecule has 0 aromatic rings. The Bertz CT molecular complexity index is 265. The van der Waals surface area contributed by atoms with Crippen molar-refractivity contribution in [1.29, 1.82) is 0 Å². The molecule has 0 atom stereocenters. The zero-order valence-electron chi connectivity index (χ0n) is 11.9. The summed E-state index contributed by atoms with van der Waals surface area (Å²) < 4.78 is 11.4. The van der Waals surface area contributed by atoms with Crippen molar-refractivity contribution >= 4 is 0 Å². The minimum Gasteiger partial charge on any atom is -0.348 e. The van der Waals surface area contributed by atoms with Crippen molar-refractivity contribution in [1.82, 2.24) is 0 Å². The fourth-order valence-corrected chi connectivity index (χ4v) is 1.07. The van der Waals surface area contributed by atoms with Crippen molar-refractivity contribution in [3.05, 3.63) is 35.5 Å². The Morgan fingerprint density at radius 2 is 1.41 bits per heavy atom. The first kappa shape index (κ1) is 16.1. The van der Waals surface area contributed by atoms with E-state index in [4.69, 9.17) is 9.47 Å². The molecule has 0 saturated heterocycles. The van der Waals surface area contributed by atoms with Crippen molar-refractivity contribution in [2.24, 2.45) is 0 Å². The van der Waals surface area contributed by atoms with E-state index in [2.05, 4.69) is 32.6 Å². The second-order valence-electron chi connectivity index (χ2n) is 4.48. The van der Waals surface area contributed by atoms with Gasteiger partial charge in [0.25, 0.3) is 0 Å². The fraction of sp³-hybridized carbons (Fsp3) is 0.600. The number of hydrogen-bond donors (Lipinski definition) is 0. The lowest BCUT2D eigenvalue weighted by Gasteiger charge is -2.19. The maximum absolute atomic E-state index is 5.72. The summed E-state index contributed by atoms with van der Waals surface area (Å²) in [6.45, 7) is 15.2. The van der Waals surface area contributed by atoms with Gasteiger partial charge in [-0.1, -0.05) is 35.5 Å². The van der Waals surface area contributed by atoms with Crippen LogP contribution in [-0.2, 0) is 9.47 Å². The molecule has 0 aromatic heterocycles. The first-order valence-corrected chi connectivity index (χ1v) is 6.10. The molecule has 0 aliphatic carbocycles. The molecule has 0 fully saturated rings. The maximum Gasteiger partial charge on any atom is 0.162 e. The van der Waals surface area contributed by atoms with Gasteiger partial charge in [0.2, 0.25) is 0 Å². The Kier molecular flexibility index (Phi) is 8.73. The van der Waals surface area contributed by atoms with Crippen LogP contribution in [0.5, 0.6) is 0 Å². The van der Waals surface area contributed by atoms with E-state index in [-0.39, 0.29) is 6.29 Å². The summed E-state index contributed by atoms with van der Waals surface area (Å²) in [7, 11) is 0. The van der Waals surface area contributed by atoms with Crippen LogP contribution in [0, 0.1) is 0 Å². The summed E-state index contributed by atoms with van der Waals surface area (Å²) in [6, 6.07) is 0. The quantitative estimate of drug-likeness (QED) is 0.465. The average molecular weight is 238 g/mol. The smallest absolute Gasteiger partial charge is 0.162 e. The minimum absolute atomic E-state index is 0.197. The largest absolute Gasteiger partial charge is 0.348 e. The summed E-state index contributed by atoms with van der Waals surface area (Å²) in [4.78, 5) is 0. The number of ether oxygens (including phenoxy) is 2. The van der Waals surface area contributed by atoms with Crippen LogP contribution < -0.4 is 0 Å². The van der Waals surface area contributed by atoms with E-state index >= 15 is 0 Å². The Morgan fingerprint density at radius 1 is 1.00 bits per heavy atom. The Labute approximate surface area is 106 Å². The third kappa shape index (κ3) is 8.90. The van der Waals surface area contributed by atoms with Gasteiger partial charge in [0.15, 0.2) is 6.29 Å². The molecular weight excluding hydrogens is 212 g/mol. The lowest BCUT2D eigenvalue weighted by molar-refractivity contribution is -0.128. The molecular formula is C15H26O2. The first-order valence-electron chi connectivity index (χ1n) is 6.10. The van der Waals surface area contributed by atoms with Gasteiger partial charge in [0.1, 0.15) is 0 Å². The standard InChI is InChI=1S/C15H26O2/c1-7-13(5)10-16-15(9-12(3)4)17-11-14(6)8-2/h7-8,15H,3,9-11H2,1-2,4-6H3/b13-7+,14-8+. The molecule has 0 aromatic carbocycles. The van der Waals surface area contributed by atoms with Crippen LogP contribution in [-0.4, -0.2) is 19.5 Å². The summed E-state index contributed by atoms with van der Waals surface area (Å²) in [6.07, 6.45) is 4.65. The van der Waals surface area contributed by atoms with Gasteiger partial charge >= 0.3 is 0 Å². The van der Waals surface area contributed by atoms with Crippen LogP contribution >= 0.6 is 0 Å². The fourth-order valence-electron chi connectivity index (χ4n) is 1.07. The number of rotatable bonds is 8. The van der Waals surface area contributed by atoms with E-state index in [1.165, 1.54) is 11.1 Å². The molecule has 0 rings (SSSR count). The van der Waals surface area contributed by atoms with E-state index in [0.29, 0.717) is 13.2 Å². The highest BCUT2D eigenvalue weighted by Gasteiger charge is 2.10. The van der Waals surface area contributed by atoms with E-state index in [9.17, 15) is 0 Å². The molecule has 2 heteroatoms. The molecule has 0 N–H and O–H groups in total. The van der Waals surface area contributed by atoms with Crippen LogP contribution in [0.15, 0.2) is 35.5 Å². The van der Waals surface area contributed by atoms with Gasteiger partial charge < -0.3 is 9.47 Å². The van der Waals surface area contributed by atoms with Gasteiger partial charge in [-0.2, -0.15) is 0 Å². The van der Waals surface area contributed by atoms with Gasteiger partial charge in [0, 0.05) is 6.42 Å². The van der Waals surface area contributed by atoms with Crippen LogP contribution in [0.25, 0.3) is 0 Å². The molecule has 0 saturated carbocycles. The molecule has 0 unspecified atom stereocenters. The van der Waals surface area contributed by atoms with Gasteiger partial charge in [-0.3, -0.25) is 0 Å². The molecule has 0 bridgehead atoms. The van der Waals surface area contributed by atoms with E-state index < -0.39 is 0 Å². The third-order valence-electron chi connectivity index (χ3n) is 2.49. The molecule has 17 heavy (non-hydrogen) atoms.